The molecule has 238 valence electrons. The highest BCUT2D eigenvalue weighted by molar-refractivity contribution is 5.89. The molecule has 8 aliphatic rings. The third-order valence-electron chi connectivity index (χ3n) is 13.0. The number of ketones is 1. The number of hydrogen-bond acceptors (Lipinski definition) is 8. The molecule has 2 aromatic rings. The molecule has 1 N–H and O–H groups in total. The second-order valence-corrected chi connectivity index (χ2v) is 14.6. The molecule has 4 heterocycles. The summed E-state index contributed by atoms with van der Waals surface area (Å²) < 4.78 is 24.0. The monoisotopic (exact) mass is 612 g/mol. The number of likely N-dealkylation sites (N-methyl/N-ethyl adjacent to an activating group) is 2. The van der Waals surface area contributed by atoms with Gasteiger partial charge >= 0.3 is 0 Å². The van der Waals surface area contributed by atoms with E-state index in [0.717, 1.165) is 68.2 Å². The number of Topliss-reactive ketones (excluding diaryl/α,β-unsaturated/α-hetero) is 1. The molecule has 4 aliphatic heterocycles. The minimum Gasteiger partial charge on any atom is -0.493 e. The summed E-state index contributed by atoms with van der Waals surface area (Å²) in [4.78, 5) is 17.6. The lowest BCUT2D eigenvalue weighted by atomic mass is 9.52. The van der Waals surface area contributed by atoms with Gasteiger partial charge in [-0.25, -0.2) is 0 Å². The molecule has 8 nitrogen and oxygen atoms in total. The van der Waals surface area contributed by atoms with Crippen molar-refractivity contribution < 1.29 is 28.8 Å². The lowest BCUT2D eigenvalue weighted by molar-refractivity contribution is -0.138. The van der Waals surface area contributed by atoms with Crippen molar-refractivity contribution in [3.63, 3.8) is 0 Å². The van der Waals surface area contributed by atoms with E-state index in [1.807, 2.05) is 25.1 Å². The number of carbonyl (C=O) groups excluding carboxylic acids is 1. The molecule has 0 radical (unpaired) electrons. The molecule has 0 unspecified atom stereocenters. The Morgan fingerprint density at radius 2 is 1.58 bits per heavy atom. The van der Waals surface area contributed by atoms with Crippen molar-refractivity contribution in [2.24, 2.45) is 11.8 Å². The Balaban J connectivity index is 0.000000125. The smallest absolute Gasteiger partial charge is 0.174 e. The van der Waals surface area contributed by atoms with Gasteiger partial charge < -0.3 is 33.9 Å². The van der Waals surface area contributed by atoms with Crippen LogP contribution in [0.3, 0.4) is 0 Å². The molecule has 3 fully saturated rings. The topological polar surface area (TPSA) is 80.7 Å². The van der Waals surface area contributed by atoms with Crippen molar-refractivity contribution in [1.82, 2.24) is 9.80 Å². The third-order valence-corrected chi connectivity index (χ3v) is 13.0. The number of hydrogen-bond donors (Lipinski definition) is 1. The zero-order valence-corrected chi connectivity index (χ0v) is 26.8. The largest absolute Gasteiger partial charge is 0.493 e. The quantitative estimate of drug-likeness (QED) is 0.525. The fourth-order valence-electron chi connectivity index (χ4n) is 11.2. The van der Waals surface area contributed by atoms with Crippen LogP contribution in [0.1, 0.15) is 54.9 Å². The first-order chi connectivity index (χ1) is 21.8. The number of benzene rings is 2. The predicted molar refractivity (Wildman–Crippen MR) is 169 cm³/mol. The van der Waals surface area contributed by atoms with Gasteiger partial charge in [-0.05, 0) is 95.4 Å². The number of ether oxygens (including phenoxy) is 4. The normalized spacial score (nSPS) is 39.1. The third kappa shape index (κ3) is 3.46. The fraction of sp³-hybridized carbons (Fsp3) is 0.595. The predicted octanol–water partition coefficient (Wildman–Crippen LogP) is 3.82. The maximum Gasteiger partial charge on any atom is 0.174 e. The summed E-state index contributed by atoms with van der Waals surface area (Å²) in [5, 5.41) is 10.6. The molecule has 9 atom stereocenters. The van der Waals surface area contributed by atoms with Gasteiger partial charge in [-0.1, -0.05) is 24.3 Å². The van der Waals surface area contributed by atoms with Crippen molar-refractivity contribution in [3.8, 4) is 23.0 Å². The van der Waals surface area contributed by atoms with Crippen molar-refractivity contribution in [2.75, 3.05) is 40.9 Å². The van der Waals surface area contributed by atoms with E-state index in [-0.39, 0.29) is 28.8 Å². The standard InChI is InChI=1S/C19H23NO3.C18H21NO3/c1-3-22-15-7-4-11-10-13-12-5-6-14(21)18-19(12,8-9-20(13)2)16(11)17(15)23-18;1-19-8-7-18-11-4-5-13(20)17(18)22-16-14(21-2)6-3-10(15(16)18)9-12(11)19/h4-7,12-14,18,21H,3,8-10H2,1-2H3;3,6,11-12,17H,4-5,7-9H2,1-2H3/t12-,13+,14-,18-,19-;11-,12+,17-,18-/m00/s1. The number of rotatable bonds is 3. The molecule has 4 aliphatic carbocycles. The van der Waals surface area contributed by atoms with Crippen LogP contribution in [0.5, 0.6) is 23.0 Å². The first-order valence-electron chi connectivity index (χ1n) is 17.0. The van der Waals surface area contributed by atoms with E-state index < -0.39 is 6.10 Å². The summed E-state index contributed by atoms with van der Waals surface area (Å²) in [5.41, 5.74) is 5.19. The summed E-state index contributed by atoms with van der Waals surface area (Å²) >= 11 is 0. The average Bonchev–Trinajstić information content (AvgIpc) is 3.58. The first-order valence-corrected chi connectivity index (χ1v) is 17.0. The molecule has 10 rings (SSSR count). The van der Waals surface area contributed by atoms with E-state index in [9.17, 15) is 9.90 Å². The van der Waals surface area contributed by atoms with Gasteiger partial charge in [-0.2, -0.15) is 0 Å². The van der Waals surface area contributed by atoms with Gasteiger partial charge in [0, 0.05) is 46.4 Å². The van der Waals surface area contributed by atoms with Gasteiger partial charge in [0.15, 0.2) is 34.9 Å². The van der Waals surface area contributed by atoms with Crippen LogP contribution in [0.15, 0.2) is 36.4 Å². The summed E-state index contributed by atoms with van der Waals surface area (Å²) in [6.07, 6.45) is 9.03. The average molecular weight is 613 g/mol. The highest BCUT2D eigenvalue weighted by Crippen LogP contribution is 2.64. The highest BCUT2D eigenvalue weighted by atomic mass is 16.5. The second kappa shape index (κ2) is 9.72. The highest BCUT2D eigenvalue weighted by Gasteiger charge is 2.66. The zero-order valence-electron chi connectivity index (χ0n) is 26.8. The fourth-order valence-corrected chi connectivity index (χ4v) is 11.2. The number of likely N-dealkylation sites (tertiary alicyclic amines) is 2. The van der Waals surface area contributed by atoms with Crippen LogP contribution >= 0.6 is 0 Å². The van der Waals surface area contributed by atoms with Crippen LogP contribution in [0.4, 0.5) is 0 Å². The molecule has 8 heteroatoms. The zero-order chi connectivity index (χ0) is 30.8. The number of piperidine rings is 2. The van der Waals surface area contributed by atoms with E-state index in [0.29, 0.717) is 36.9 Å². The second-order valence-electron chi connectivity index (χ2n) is 14.6. The summed E-state index contributed by atoms with van der Waals surface area (Å²) in [6, 6.07) is 9.48. The molecular formula is C37H44N2O6. The van der Waals surface area contributed by atoms with Crippen LogP contribution in [-0.2, 0) is 28.5 Å². The van der Waals surface area contributed by atoms with Gasteiger partial charge in [-0.3, -0.25) is 4.79 Å². The van der Waals surface area contributed by atoms with Crippen LogP contribution in [-0.4, -0.2) is 92.0 Å². The summed E-state index contributed by atoms with van der Waals surface area (Å²) in [7, 11) is 6.14. The van der Waals surface area contributed by atoms with Crippen LogP contribution < -0.4 is 18.9 Å². The van der Waals surface area contributed by atoms with Crippen LogP contribution in [0, 0.1) is 11.8 Å². The Morgan fingerprint density at radius 3 is 2.33 bits per heavy atom. The van der Waals surface area contributed by atoms with Crippen molar-refractivity contribution in [1.29, 1.82) is 0 Å². The Labute approximate surface area is 265 Å². The van der Waals surface area contributed by atoms with Gasteiger partial charge in [0.05, 0.1) is 13.7 Å². The van der Waals surface area contributed by atoms with Crippen molar-refractivity contribution in [3.05, 3.63) is 58.7 Å². The van der Waals surface area contributed by atoms with E-state index in [4.69, 9.17) is 18.9 Å². The molecule has 45 heavy (non-hydrogen) atoms. The molecule has 2 spiro atoms. The van der Waals surface area contributed by atoms with Gasteiger partial charge in [0.25, 0.3) is 0 Å². The number of carbonyl (C=O) groups is 1. The van der Waals surface area contributed by atoms with Crippen LogP contribution in [0.2, 0.25) is 0 Å². The van der Waals surface area contributed by atoms with Gasteiger partial charge in [0.1, 0.15) is 12.2 Å². The van der Waals surface area contributed by atoms with Gasteiger partial charge in [-0.15, -0.1) is 0 Å². The number of methoxy groups -OCH3 is 1. The number of aliphatic hydroxyl groups excluding tert-OH is 1. The maximum atomic E-state index is 12.6. The number of aliphatic hydroxyl groups is 1. The molecule has 1 saturated carbocycles. The minimum atomic E-state index is -0.539. The lowest BCUT2D eigenvalue weighted by Gasteiger charge is -2.57. The van der Waals surface area contributed by atoms with E-state index >= 15 is 0 Å². The molecule has 2 aromatic carbocycles. The van der Waals surface area contributed by atoms with E-state index in [1.54, 1.807) is 7.11 Å². The molecule has 0 aromatic heterocycles. The molecule has 0 amide bonds. The maximum absolute atomic E-state index is 12.6. The van der Waals surface area contributed by atoms with Crippen molar-refractivity contribution >= 4 is 5.78 Å². The summed E-state index contributed by atoms with van der Waals surface area (Å²) in [6.45, 7) is 4.73. The van der Waals surface area contributed by atoms with Gasteiger partial charge in [0.2, 0.25) is 0 Å². The van der Waals surface area contributed by atoms with E-state index in [2.05, 4.69) is 42.1 Å². The first kappa shape index (κ1) is 28.2. The minimum absolute atomic E-state index is 0.0820. The molecular weight excluding hydrogens is 568 g/mol. The Kier molecular flexibility index (Phi) is 6.09. The summed E-state index contributed by atoms with van der Waals surface area (Å²) in [5.74, 6) is 4.60. The van der Waals surface area contributed by atoms with Crippen LogP contribution in [0.25, 0.3) is 0 Å². The van der Waals surface area contributed by atoms with E-state index in [1.165, 1.54) is 22.3 Å². The SMILES string of the molecule is CCOc1ccc2c3c1O[C@H]1[C@@H](O)C=C[C@H]4[C@@H](C2)N(C)CC[C@@]341.COc1ccc2c3c1O[C@H]1C(=O)CC[C@H]4[C@@H](C2)N(C)CC[C@]314. The number of nitrogens with zero attached hydrogens (tertiary/aromatic N) is 2. The molecule has 4 bridgehead atoms. The Morgan fingerprint density at radius 1 is 0.911 bits per heavy atom. The Hall–Kier alpha value is -3.07. The Bertz CT molecular complexity index is 1620. The lowest BCUT2D eigenvalue weighted by Crippen LogP contribution is -2.65. The van der Waals surface area contributed by atoms with Crippen molar-refractivity contribution in [2.45, 2.75) is 86.7 Å². The molecule has 2 saturated heterocycles.